The number of aromatic nitrogens is 1. The van der Waals surface area contributed by atoms with Gasteiger partial charge in [-0.25, -0.2) is 4.98 Å². The number of anilines is 1. The molecule has 1 unspecified atom stereocenters. The number of hydrogen-bond donors (Lipinski definition) is 1. The first-order valence-corrected chi connectivity index (χ1v) is 8.09. The van der Waals surface area contributed by atoms with Crippen LogP contribution >= 0.6 is 11.3 Å². The molecule has 1 atom stereocenters. The summed E-state index contributed by atoms with van der Waals surface area (Å²) in [6.07, 6.45) is 3.67. The summed E-state index contributed by atoms with van der Waals surface area (Å²) in [5.74, 6) is 0. The number of thiazole rings is 1. The molecule has 1 saturated heterocycles. The first-order chi connectivity index (χ1) is 9.28. The zero-order valence-electron chi connectivity index (χ0n) is 12.2. The van der Waals surface area contributed by atoms with E-state index in [1.54, 1.807) is 0 Å². The Balaban J connectivity index is 2.12. The van der Waals surface area contributed by atoms with Crippen LogP contribution < -0.4 is 10.2 Å². The van der Waals surface area contributed by atoms with Crippen LogP contribution in [0.25, 0.3) is 0 Å². The van der Waals surface area contributed by atoms with Crippen LogP contribution in [0.1, 0.15) is 37.3 Å². The molecule has 0 saturated carbocycles. The van der Waals surface area contributed by atoms with E-state index in [4.69, 9.17) is 9.72 Å². The third kappa shape index (κ3) is 3.68. The van der Waals surface area contributed by atoms with Crippen LogP contribution in [-0.2, 0) is 17.7 Å². The van der Waals surface area contributed by atoms with Crippen LogP contribution in [0.3, 0.4) is 0 Å². The van der Waals surface area contributed by atoms with Gasteiger partial charge in [0, 0.05) is 24.5 Å². The molecule has 1 fully saturated rings. The van der Waals surface area contributed by atoms with E-state index in [1.165, 1.54) is 15.7 Å². The Morgan fingerprint density at radius 3 is 3.00 bits per heavy atom. The van der Waals surface area contributed by atoms with Crippen molar-refractivity contribution in [3.63, 3.8) is 0 Å². The highest BCUT2D eigenvalue weighted by Gasteiger charge is 2.22. The van der Waals surface area contributed by atoms with Gasteiger partial charge in [-0.2, -0.15) is 0 Å². The van der Waals surface area contributed by atoms with Crippen LogP contribution in [0, 0.1) is 0 Å². The molecule has 5 heteroatoms. The SMILES string of the molecule is CCCc1nc(N2CCOC(CC)C2)sc1CNC. The predicted molar refractivity (Wildman–Crippen MR) is 81.1 cm³/mol. The summed E-state index contributed by atoms with van der Waals surface area (Å²) in [5, 5.41) is 4.42. The minimum absolute atomic E-state index is 0.361. The van der Waals surface area contributed by atoms with Crippen molar-refractivity contribution in [3.8, 4) is 0 Å². The van der Waals surface area contributed by atoms with Crippen molar-refractivity contribution in [2.45, 2.75) is 45.8 Å². The van der Waals surface area contributed by atoms with E-state index in [0.717, 1.165) is 45.5 Å². The van der Waals surface area contributed by atoms with Gasteiger partial charge in [0.2, 0.25) is 0 Å². The van der Waals surface area contributed by atoms with Crippen molar-refractivity contribution in [3.05, 3.63) is 10.6 Å². The van der Waals surface area contributed by atoms with E-state index in [-0.39, 0.29) is 0 Å². The molecule has 0 aliphatic carbocycles. The molecule has 19 heavy (non-hydrogen) atoms. The van der Waals surface area contributed by atoms with E-state index >= 15 is 0 Å². The van der Waals surface area contributed by atoms with Crippen LogP contribution in [0.5, 0.6) is 0 Å². The molecular formula is C14H25N3OS. The van der Waals surface area contributed by atoms with Gasteiger partial charge in [0.25, 0.3) is 0 Å². The lowest BCUT2D eigenvalue weighted by Crippen LogP contribution is -2.42. The summed E-state index contributed by atoms with van der Waals surface area (Å²) in [5.41, 5.74) is 1.27. The maximum atomic E-state index is 5.73. The van der Waals surface area contributed by atoms with Crippen LogP contribution in [0.15, 0.2) is 0 Å². The van der Waals surface area contributed by atoms with E-state index in [1.807, 2.05) is 18.4 Å². The van der Waals surface area contributed by atoms with Crippen molar-refractivity contribution in [2.75, 3.05) is 31.6 Å². The number of nitrogens with zero attached hydrogens (tertiary/aromatic N) is 2. The fourth-order valence-corrected chi connectivity index (χ4v) is 3.53. The van der Waals surface area contributed by atoms with E-state index < -0.39 is 0 Å². The number of hydrogen-bond acceptors (Lipinski definition) is 5. The molecule has 1 aliphatic heterocycles. The van der Waals surface area contributed by atoms with Crippen LogP contribution in [0.4, 0.5) is 5.13 Å². The third-order valence-electron chi connectivity index (χ3n) is 3.46. The molecule has 1 aliphatic rings. The van der Waals surface area contributed by atoms with Crippen molar-refractivity contribution in [1.82, 2.24) is 10.3 Å². The Morgan fingerprint density at radius 1 is 1.47 bits per heavy atom. The van der Waals surface area contributed by atoms with E-state index in [0.29, 0.717) is 6.10 Å². The molecule has 108 valence electrons. The molecule has 0 bridgehead atoms. The van der Waals surface area contributed by atoms with Crippen LogP contribution in [0.2, 0.25) is 0 Å². The summed E-state index contributed by atoms with van der Waals surface area (Å²) in [7, 11) is 2.00. The zero-order valence-corrected chi connectivity index (χ0v) is 13.1. The molecule has 1 N–H and O–H groups in total. The van der Waals surface area contributed by atoms with Gasteiger partial charge in [-0.05, 0) is 19.9 Å². The molecule has 0 radical (unpaired) electrons. The van der Waals surface area contributed by atoms with Gasteiger partial charge in [-0.3, -0.25) is 0 Å². The molecule has 2 rings (SSSR count). The maximum Gasteiger partial charge on any atom is 0.185 e. The fourth-order valence-electron chi connectivity index (χ4n) is 2.38. The lowest BCUT2D eigenvalue weighted by molar-refractivity contribution is 0.0384. The van der Waals surface area contributed by atoms with Crippen molar-refractivity contribution < 1.29 is 4.74 Å². The quantitative estimate of drug-likeness (QED) is 0.870. The summed E-state index contributed by atoms with van der Waals surface area (Å²) < 4.78 is 5.73. The minimum atomic E-state index is 0.361. The number of aryl methyl sites for hydroxylation is 1. The Kier molecular flexibility index (Phi) is 5.60. The first kappa shape index (κ1) is 14.8. The van der Waals surface area contributed by atoms with Crippen LogP contribution in [-0.4, -0.2) is 37.8 Å². The molecule has 0 spiro atoms. The van der Waals surface area contributed by atoms with Gasteiger partial charge in [-0.15, -0.1) is 11.3 Å². The topological polar surface area (TPSA) is 37.4 Å². The Hall–Kier alpha value is -0.650. The van der Waals surface area contributed by atoms with Gasteiger partial charge < -0.3 is 15.0 Å². The minimum Gasteiger partial charge on any atom is -0.375 e. The van der Waals surface area contributed by atoms with Gasteiger partial charge >= 0.3 is 0 Å². The first-order valence-electron chi connectivity index (χ1n) is 7.28. The highest BCUT2D eigenvalue weighted by molar-refractivity contribution is 7.15. The summed E-state index contributed by atoms with van der Waals surface area (Å²) in [6.45, 7) is 8.09. The second-order valence-electron chi connectivity index (χ2n) is 4.99. The lowest BCUT2D eigenvalue weighted by Gasteiger charge is -2.32. The standard InChI is InChI=1S/C14H25N3OS/c1-4-6-12-13(9-15-3)19-14(16-12)17-7-8-18-11(5-2)10-17/h11,15H,4-10H2,1-3H3. The second-order valence-corrected chi connectivity index (χ2v) is 6.06. The molecule has 2 heterocycles. The molecule has 0 aromatic carbocycles. The maximum absolute atomic E-state index is 5.73. The monoisotopic (exact) mass is 283 g/mol. The Morgan fingerprint density at radius 2 is 2.32 bits per heavy atom. The molecule has 4 nitrogen and oxygen atoms in total. The molecule has 1 aromatic rings. The van der Waals surface area contributed by atoms with E-state index in [9.17, 15) is 0 Å². The normalized spacial score (nSPS) is 19.9. The summed E-state index contributed by atoms with van der Waals surface area (Å²) in [4.78, 5) is 8.64. The van der Waals surface area contributed by atoms with Crippen molar-refractivity contribution in [1.29, 1.82) is 0 Å². The predicted octanol–water partition coefficient (Wildman–Crippen LogP) is 2.43. The van der Waals surface area contributed by atoms with Gasteiger partial charge in [0.15, 0.2) is 5.13 Å². The highest BCUT2D eigenvalue weighted by atomic mass is 32.1. The average molecular weight is 283 g/mol. The van der Waals surface area contributed by atoms with E-state index in [2.05, 4.69) is 24.1 Å². The summed E-state index contributed by atoms with van der Waals surface area (Å²) in [6, 6.07) is 0. The van der Waals surface area contributed by atoms with Crippen molar-refractivity contribution in [2.24, 2.45) is 0 Å². The number of nitrogens with one attached hydrogen (secondary N) is 1. The van der Waals surface area contributed by atoms with Crippen molar-refractivity contribution >= 4 is 16.5 Å². The van der Waals surface area contributed by atoms with Gasteiger partial charge in [-0.1, -0.05) is 20.3 Å². The highest BCUT2D eigenvalue weighted by Crippen LogP contribution is 2.28. The van der Waals surface area contributed by atoms with Gasteiger partial charge in [0.1, 0.15) is 0 Å². The Bertz CT molecular complexity index is 371. The largest absolute Gasteiger partial charge is 0.375 e. The second kappa shape index (κ2) is 7.22. The molecule has 0 amide bonds. The number of morpholine rings is 1. The average Bonchev–Trinajstić information content (AvgIpc) is 2.83. The summed E-state index contributed by atoms with van der Waals surface area (Å²) >= 11 is 1.84. The number of ether oxygens (including phenoxy) is 1. The Labute approximate surface area is 120 Å². The third-order valence-corrected chi connectivity index (χ3v) is 4.61. The smallest absolute Gasteiger partial charge is 0.185 e. The fraction of sp³-hybridized carbons (Fsp3) is 0.786. The molecular weight excluding hydrogens is 258 g/mol. The lowest BCUT2D eigenvalue weighted by atomic mass is 10.2. The number of rotatable bonds is 6. The zero-order chi connectivity index (χ0) is 13.7. The van der Waals surface area contributed by atoms with Gasteiger partial charge in [0.05, 0.1) is 18.4 Å². The molecule has 1 aromatic heterocycles.